The maximum Gasteiger partial charge on any atom is 0.248 e. The van der Waals surface area contributed by atoms with Gasteiger partial charge in [-0.05, 0) is 42.7 Å². The van der Waals surface area contributed by atoms with Gasteiger partial charge in [0.2, 0.25) is 11.8 Å². The van der Waals surface area contributed by atoms with Gasteiger partial charge in [0.1, 0.15) is 0 Å². The van der Waals surface area contributed by atoms with Gasteiger partial charge in [-0.2, -0.15) is 0 Å². The molecule has 1 fully saturated rings. The first-order valence-corrected chi connectivity index (χ1v) is 9.67. The number of anilines is 1. The molecule has 5 N–H and O–H groups in total. The minimum atomic E-state index is -0.705. The molecule has 1 heterocycles. The Bertz CT molecular complexity index is 841. The maximum atomic E-state index is 12.5. The van der Waals surface area contributed by atoms with Crippen LogP contribution in [0.4, 0.5) is 5.69 Å². The fourth-order valence-corrected chi connectivity index (χ4v) is 3.88. The van der Waals surface area contributed by atoms with E-state index in [4.69, 9.17) is 5.73 Å². The van der Waals surface area contributed by atoms with E-state index in [9.17, 15) is 19.8 Å². The van der Waals surface area contributed by atoms with Crippen molar-refractivity contribution in [1.29, 1.82) is 0 Å². The average Bonchev–Trinajstić information content (AvgIpc) is 2.71. The van der Waals surface area contributed by atoms with E-state index >= 15 is 0 Å². The van der Waals surface area contributed by atoms with Crippen molar-refractivity contribution in [1.82, 2.24) is 4.90 Å². The highest BCUT2D eigenvalue weighted by Gasteiger charge is 2.42. The third kappa shape index (κ3) is 5.20. The monoisotopic (exact) mass is 397 g/mol. The Labute approximate surface area is 170 Å². The van der Waals surface area contributed by atoms with Crippen LogP contribution in [0.5, 0.6) is 0 Å². The number of rotatable bonds is 7. The summed E-state index contributed by atoms with van der Waals surface area (Å²) in [6.07, 6.45) is 0.403. The normalized spacial score (nSPS) is 22.2. The lowest BCUT2D eigenvalue weighted by Gasteiger charge is -2.45. The van der Waals surface area contributed by atoms with Crippen LogP contribution < -0.4 is 11.1 Å². The van der Waals surface area contributed by atoms with E-state index in [1.165, 1.54) is 0 Å². The summed E-state index contributed by atoms with van der Waals surface area (Å²) in [5.74, 6) is -0.715. The molecule has 154 valence electrons. The zero-order valence-corrected chi connectivity index (χ0v) is 16.3. The number of carbonyl (C=O) groups is 2. The minimum Gasteiger partial charge on any atom is -0.396 e. The van der Waals surface area contributed by atoms with E-state index in [0.29, 0.717) is 37.2 Å². The smallest absolute Gasteiger partial charge is 0.248 e. The van der Waals surface area contributed by atoms with Crippen molar-refractivity contribution >= 4 is 17.5 Å². The lowest BCUT2D eigenvalue weighted by molar-refractivity contribution is -0.121. The Balaban J connectivity index is 1.63. The van der Waals surface area contributed by atoms with Gasteiger partial charge in [0.15, 0.2) is 0 Å². The molecular weight excluding hydrogens is 370 g/mol. The number of amides is 2. The van der Waals surface area contributed by atoms with E-state index in [1.54, 1.807) is 24.3 Å². The number of nitrogens with one attached hydrogen (secondary N) is 1. The number of benzene rings is 2. The first-order valence-electron chi connectivity index (χ1n) is 9.67. The lowest BCUT2D eigenvalue weighted by Crippen LogP contribution is -2.56. The molecule has 2 amide bonds. The molecule has 0 bridgehead atoms. The second kappa shape index (κ2) is 9.17. The molecule has 0 saturated carbocycles. The van der Waals surface area contributed by atoms with Crippen LogP contribution in [-0.2, 0) is 11.2 Å². The summed E-state index contributed by atoms with van der Waals surface area (Å²) in [5, 5.41) is 23.5. The van der Waals surface area contributed by atoms with Crippen LogP contribution >= 0.6 is 0 Å². The first kappa shape index (κ1) is 21.0. The predicted molar refractivity (Wildman–Crippen MR) is 110 cm³/mol. The van der Waals surface area contributed by atoms with Crippen molar-refractivity contribution in [2.45, 2.75) is 18.9 Å². The van der Waals surface area contributed by atoms with Crippen molar-refractivity contribution in [2.24, 2.45) is 11.1 Å². The van der Waals surface area contributed by atoms with Gasteiger partial charge < -0.3 is 21.3 Å². The summed E-state index contributed by atoms with van der Waals surface area (Å²) in [7, 11) is 0. The van der Waals surface area contributed by atoms with Gasteiger partial charge in [0.25, 0.3) is 0 Å². The summed E-state index contributed by atoms with van der Waals surface area (Å²) < 4.78 is 0. The number of hydrogen-bond acceptors (Lipinski definition) is 5. The van der Waals surface area contributed by atoms with E-state index in [1.807, 2.05) is 35.2 Å². The third-order valence-electron chi connectivity index (χ3n) is 5.50. The Hall–Kier alpha value is -2.74. The second-order valence-corrected chi connectivity index (χ2v) is 7.69. The largest absolute Gasteiger partial charge is 0.396 e. The van der Waals surface area contributed by atoms with Gasteiger partial charge in [-0.3, -0.25) is 14.5 Å². The van der Waals surface area contributed by atoms with Gasteiger partial charge in [-0.1, -0.05) is 30.3 Å². The summed E-state index contributed by atoms with van der Waals surface area (Å²) >= 11 is 0. The third-order valence-corrected chi connectivity index (χ3v) is 5.50. The fourth-order valence-electron chi connectivity index (χ4n) is 3.88. The number of likely N-dealkylation sites (tertiary alicyclic amines) is 1. The number of aliphatic hydroxyl groups is 2. The number of piperidine rings is 1. The molecule has 7 nitrogen and oxygen atoms in total. The molecule has 0 aliphatic carbocycles. The fraction of sp³-hybridized carbons (Fsp3) is 0.364. The van der Waals surface area contributed by atoms with Crippen molar-refractivity contribution in [3.63, 3.8) is 0 Å². The van der Waals surface area contributed by atoms with Crippen LogP contribution in [0, 0.1) is 5.41 Å². The van der Waals surface area contributed by atoms with E-state index in [-0.39, 0.29) is 19.1 Å². The number of aliphatic hydroxyl groups excluding tert-OH is 2. The maximum absolute atomic E-state index is 12.5. The van der Waals surface area contributed by atoms with Crippen LogP contribution in [0.3, 0.4) is 0 Å². The van der Waals surface area contributed by atoms with Crippen LogP contribution in [-0.4, -0.2) is 59.3 Å². The van der Waals surface area contributed by atoms with Crippen molar-refractivity contribution < 1.29 is 19.8 Å². The number of nitrogens with zero attached hydrogens (tertiary/aromatic N) is 1. The van der Waals surface area contributed by atoms with Gasteiger partial charge >= 0.3 is 0 Å². The molecule has 29 heavy (non-hydrogen) atoms. The second-order valence-electron chi connectivity index (χ2n) is 7.69. The molecule has 2 aromatic carbocycles. The van der Waals surface area contributed by atoms with Gasteiger partial charge in [-0.25, -0.2) is 0 Å². The molecule has 1 aliphatic rings. The molecule has 0 spiro atoms. The van der Waals surface area contributed by atoms with Crippen molar-refractivity contribution in [3.05, 3.63) is 65.7 Å². The Morgan fingerprint density at radius 1 is 1.14 bits per heavy atom. The highest BCUT2D eigenvalue weighted by molar-refractivity contribution is 5.95. The topological polar surface area (TPSA) is 116 Å². The molecule has 7 heteroatoms. The standard InChI is InChI=1S/C22H27N3O4/c23-21(29)17-6-8-18(9-7-17)24-20(28)13-25-11-10-19(27)22(14-25,15-26)12-16-4-2-1-3-5-16/h1-9,19,26-27H,10-15H2,(H2,23,29)(H,24,28)/t19-,22+/m0/s1. The summed E-state index contributed by atoms with van der Waals surface area (Å²) in [4.78, 5) is 25.6. The van der Waals surface area contributed by atoms with E-state index in [0.717, 1.165) is 5.56 Å². The van der Waals surface area contributed by atoms with Crippen LogP contribution in [0.25, 0.3) is 0 Å². The molecule has 0 aromatic heterocycles. The molecule has 1 aliphatic heterocycles. The quantitative estimate of drug-likeness (QED) is 0.557. The molecular formula is C22H27N3O4. The predicted octanol–water partition coefficient (Wildman–Crippen LogP) is 1.01. The Morgan fingerprint density at radius 2 is 1.83 bits per heavy atom. The molecule has 2 aromatic rings. The van der Waals surface area contributed by atoms with Gasteiger partial charge in [0.05, 0.1) is 19.3 Å². The molecule has 0 unspecified atom stereocenters. The van der Waals surface area contributed by atoms with Crippen molar-refractivity contribution in [3.8, 4) is 0 Å². The summed E-state index contributed by atoms with van der Waals surface area (Å²) in [6, 6.07) is 16.1. The molecule has 1 saturated heterocycles. The van der Waals surface area contributed by atoms with Crippen molar-refractivity contribution in [2.75, 3.05) is 31.6 Å². The first-order chi connectivity index (χ1) is 13.9. The molecule has 2 atom stereocenters. The van der Waals surface area contributed by atoms with Crippen LogP contribution in [0.1, 0.15) is 22.3 Å². The number of primary amides is 1. The van der Waals surface area contributed by atoms with Gasteiger partial charge in [0, 0.05) is 29.8 Å². The van der Waals surface area contributed by atoms with E-state index in [2.05, 4.69) is 5.32 Å². The van der Waals surface area contributed by atoms with Crippen LogP contribution in [0.15, 0.2) is 54.6 Å². The highest BCUT2D eigenvalue weighted by Crippen LogP contribution is 2.33. The Morgan fingerprint density at radius 3 is 2.45 bits per heavy atom. The lowest BCUT2D eigenvalue weighted by atomic mass is 9.73. The molecule has 0 radical (unpaired) electrons. The minimum absolute atomic E-state index is 0.154. The Kier molecular flexibility index (Phi) is 6.64. The highest BCUT2D eigenvalue weighted by atomic mass is 16.3. The average molecular weight is 397 g/mol. The number of carbonyl (C=O) groups excluding carboxylic acids is 2. The SMILES string of the molecule is NC(=O)c1ccc(NC(=O)CN2CC[C@H](O)[C@](CO)(Cc3ccccc3)C2)cc1. The van der Waals surface area contributed by atoms with E-state index < -0.39 is 17.4 Å². The zero-order valence-electron chi connectivity index (χ0n) is 16.3. The van der Waals surface area contributed by atoms with Gasteiger partial charge in [-0.15, -0.1) is 0 Å². The van der Waals surface area contributed by atoms with Crippen LogP contribution in [0.2, 0.25) is 0 Å². The zero-order chi connectivity index (χ0) is 20.9. The summed E-state index contributed by atoms with van der Waals surface area (Å²) in [6.45, 7) is 0.996. The number of hydrogen-bond donors (Lipinski definition) is 4. The molecule has 3 rings (SSSR count). The number of nitrogens with two attached hydrogens (primary N) is 1. The summed E-state index contributed by atoms with van der Waals surface area (Å²) in [5.41, 5.74) is 6.51.